The predicted molar refractivity (Wildman–Crippen MR) is 66.9 cm³/mol. The Morgan fingerprint density at radius 2 is 2.29 bits per heavy atom. The zero-order chi connectivity index (χ0) is 12.3. The van der Waals surface area contributed by atoms with Gasteiger partial charge in [-0.15, -0.1) is 0 Å². The van der Waals surface area contributed by atoms with Gasteiger partial charge in [0.2, 0.25) is 5.91 Å². The number of hydrogen-bond donors (Lipinski definition) is 2. The molecule has 0 bridgehead atoms. The van der Waals surface area contributed by atoms with E-state index < -0.39 is 0 Å². The molecule has 0 saturated carbocycles. The Kier molecular flexibility index (Phi) is 4.12. The number of halogens is 2. The maximum atomic E-state index is 13.0. The van der Waals surface area contributed by atoms with Crippen molar-refractivity contribution in [3.05, 3.63) is 34.1 Å². The number of rotatable bonds is 4. The number of nitrogens with one attached hydrogen (secondary N) is 2. The van der Waals surface area contributed by atoms with E-state index in [4.69, 9.17) is 0 Å². The first kappa shape index (κ1) is 12.5. The Morgan fingerprint density at radius 3 is 2.94 bits per heavy atom. The van der Waals surface area contributed by atoms with Crippen molar-refractivity contribution < 1.29 is 9.18 Å². The van der Waals surface area contributed by atoms with Gasteiger partial charge in [-0.25, -0.2) is 4.39 Å². The van der Waals surface area contributed by atoms with Crippen LogP contribution in [0.3, 0.4) is 0 Å². The molecule has 1 fully saturated rings. The fraction of sp³-hybridized carbons (Fsp3) is 0.417. The Morgan fingerprint density at radius 1 is 1.53 bits per heavy atom. The molecular formula is C12H14BrFN2O. The number of carbonyl (C=O) groups excluding carboxylic acids is 1. The number of benzene rings is 1. The van der Waals surface area contributed by atoms with Crippen molar-refractivity contribution >= 4 is 21.8 Å². The summed E-state index contributed by atoms with van der Waals surface area (Å²) in [5.74, 6) is 0.180. The summed E-state index contributed by atoms with van der Waals surface area (Å²) in [5, 5.41) is 5.92. The third-order valence-corrected chi connectivity index (χ3v) is 3.60. The molecule has 1 saturated heterocycles. The van der Waals surface area contributed by atoms with Gasteiger partial charge in [0.05, 0.1) is 0 Å². The predicted octanol–water partition coefficient (Wildman–Crippen LogP) is 1.81. The molecule has 0 unspecified atom stereocenters. The summed E-state index contributed by atoms with van der Waals surface area (Å²) >= 11 is 3.33. The second kappa shape index (κ2) is 5.60. The zero-order valence-electron chi connectivity index (χ0n) is 9.30. The molecule has 3 nitrogen and oxygen atoms in total. The normalized spacial score (nSPS) is 15.4. The summed E-state index contributed by atoms with van der Waals surface area (Å²) in [5.41, 5.74) is 0.755. The molecule has 2 rings (SSSR count). The van der Waals surface area contributed by atoms with E-state index in [1.807, 2.05) is 0 Å². The van der Waals surface area contributed by atoms with E-state index >= 15 is 0 Å². The molecule has 1 aromatic carbocycles. The Labute approximate surface area is 108 Å². The molecule has 92 valence electrons. The van der Waals surface area contributed by atoms with Gasteiger partial charge in [0.1, 0.15) is 5.82 Å². The van der Waals surface area contributed by atoms with Crippen LogP contribution in [0.4, 0.5) is 4.39 Å². The second-order valence-electron chi connectivity index (χ2n) is 4.24. The van der Waals surface area contributed by atoms with E-state index in [0.29, 0.717) is 18.9 Å². The lowest BCUT2D eigenvalue weighted by molar-refractivity contribution is -0.122. The van der Waals surface area contributed by atoms with Crippen molar-refractivity contribution in [3.8, 4) is 0 Å². The van der Waals surface area contributed by atoms with Crippen LogP contribution in [0, 0.1) is 11.7 Å². The van der Waals surface area contributed by atoms with Crippen LogP contribution in [0.5, 0.6) is 0 Å². The third-order valence-electron chi connectivity index (χ3n) is 2.82. The van der Waals surface area contributed by atoms with Gasteiger partial charge in [0, 0.05) is 17.4 Å². The fourth-order valence-corrected chi connectivity index (χ4v) is 2.09. The molecule has 0 spiro atoms. The van der Waals surface area contributed by atoms with Gasteiger partial charge in [-0.2, -0.15) is 0 Å². The summed E-state index contributed by atoms with van der Waals surface area (Å²) in [6, 6.07) is 4.46. The lowest BCUT2D eigenvalue weighted by Crippen LogP contribution is -2.44. The molecular weight excluding hydrogens is 287 g/mol. The van der Waals surface area contributed by atoms with Crippen LogP contribution < -0.4 is 10.6 Å². The quantitative estimate of drug-likeness (QED) is 0.890. The van der Waals surface area contributed by atoms with Crippen molar-refractivity contribution in [2.75, 3.05) is 13.1 Å². The van der Waals surface area contributed by atoms with Crippen LogP contribution in [0.1, 0.15) is 12.0 Å². The van der Waals surface area contributed by atoms with Gasteiger partial charge in [-0.3, -0.25) is 4.79 Å². The Bertz CT molecular complexity index is 421. The third kappa shape index (κ3) is 3.51. The SMILES string of the molecule is O=C(CC1CNC1)NCc1cc(F)ccc1Br. The smallest absolute Gasteiger partial charge is 0.220 e. The molecule has 2 N–H and O–H groups in total. The topological polar surface area (TPSA) is 41.1 Å². The molecule has 0 radical (unpaired) electrons. The molecule has 1 amide bonds. The van der Waals surface area contributed by atoms with Gasteiger partial charge in [0.15, 0.2) is 0 Å². The monoisotopic (exact) mass is 300 g/mol. The van der Waals surface area contributed by atoms with Gasteiger partial charge >= 0.3 is 0 Å². The van der Waals surface area contributed by atoms with E-state index in [1.165, 1.54) is 12.1 Å². The van der Waals surface area contributed by atoms with Crippen molar-refractivity contribution in [3.63, 3.8) is 0 Å². The molecule has 1 aliphatic rings. The molecule has 1 aliphatic heterocycles. The zero-order valence-corrected chi connectivity index (χ0v) is 10.9. The van der Waals surface area contributed by atoms with E-state index in [-0.39, 0.29) is 11.7 Å². The average Bonchev–Trinajstić information content (AvgIpc) is 2.25. The molecule has 17 heavy (non-hydrogen) atoms. The van der Waals surface area contributed by atoms with E-state index in [9.17, 15) is 9.18 Å². The van der Waals surface area contributed by atoms with Crippen molar-refractivity contribution in [1.29, 1.82) is 0 Å². The molecule has 1 heterocycles. The van der Waals surface area contributed by atoms with Crippen molar-refractivity contribution in [2.24, 2.45) is 5.92 Å². The lowest BCUT2D eigenvalue weighted by Gasteiger charge is -2.26. The second-order valence-corrected chi connectivity index (χ2v) is 5.10. The highest BCUT2D eigenvalue weighted by Gasteiger charge is 2.19. The van der Waals surface area contributed by atoms with Crippen LogP contribution in [0.25, 0.3) is 0 Å². The number of hydrogen-bond acceptors (Lipinski definition) is 2. The van der Waals surface area contributed by atoms with Crippen LogP contribution in [0.15, 0.2) is 22.7 Å². The first-order valence-corrected chi connectivity index (χ1v) is 6.36. The lowest BCUT2D eigenvalue weighted by atomic mass is 9.99. The maximum absolute atomic E-state index is 13.0. The highest BCUT2D eigenvalue weighted by atomic mass is 79.9. The first-order valence-electron chi connectivity index (χ1n) is 5.56. The Balaban J connectivity index is 1.83. The summed E-state index contributed by atoms with van der Waals surface area (Å²) in [6.45, 7) is 2.19. The minimum Gasteiger partial charge on any atom is -0.352 e. The molecule has 0 atom stereocenters. The minimum atomic E-state index is -0.291. The summed E-state index contributed by atoms with van der Waals surface area (Å²) < 4.78 is 13.8. The standard InChI is InChI=1S/C12H14BrFN2O/c13-11-2-1-10(14)4-9(11)7-16-12(17)3-8-5-15-6-8/h1-2,4,8,15H,3,5-7H2,(H,16,17). The minimum absolute atomic E-state index is 0.0210. The summed E-state index contributed by atoms with van der Waals surface area (Å²) in [4.78, 5) is 11.6. The fourth-order valence-electron chi connectivity index (χ4n) is 1.70. The average molecular weight is 301 g/mol. The highest BCUT2D eigenvalue weighted by Crippen LogP contribution is 2.17. The maximum Gasteiger partial charge on any atom is 0.220 e. The molecule has 1 aromatic rings. The molecule has 0 aromatic heterocycles. The van der Waals surface area contributed by atoms with Gasteiger partial charge in [-0.1, -0.05) is 15.9 Å². The Hall–Kier alpha value is -0.940. The van der Waals surface area contributed by atoms with Crippen LogP contribution >= 0.6 is 15.9 Å². The van der Waals surface area contributed by atoms with E-state index in [1.54, 1.807) is 6.07 Å². The molecule has 0 aliphatic carbocycles. The van der Waals surface area contributed by atoms with Crippen LogP contribution in [-0.4, -0.2) is 19.0 Å². The van der Waals surface area contributed by atoms with Gasteiger partial charge in [-0.05, 0) is 42.8 Å². The summed E-state index contributed by atoms with van der Waals surface area (Å²) in [6.07, 6.45) is 0.542. The largest absolute Gasteiger partial charge is 0.352 e. The van der Waals surface area contributed by atoms with Crippen LogP contribution in [-0.2, 0) is 11.3 Å². The van der Waals surface area contributed by atoms with E-state index in [0.717, 1.165) is 23.1 Å². The van der Waals surface area contributed by atoms with Gasteiger partial charge in [0.25, 0.3) is 0 Å². The number of amides is 1. The molecule has 5 heteroatoms. The van der Waals surface area contributed by atoms with Gasteiger partial charge < -0.3 is 10.6 Å². The summed E-state index contributed by atoms with van der Waals surface area (Å²) in [7, 11) is 0. The van der Waals surface area contributed by atoms with Crippen LogP contribution in [0.2, 0.25) is 0 Å². The number of carbonyl (C=O) groups is 1. The van der Waals surface area contributed by atoms with E-state index in [2.05, 4.69) is 26.6 Å². The first-order chi connectivity index (χ1) is 8.15. The van der Waals surface area contributed by atoms with Crippen molar-refractivity contribution in [2.45, 2.75) is 13.0 Å². The van der Waals surface area contributed by atoms with Crippen molar-refractivity contribution in [1.82, 2.24) is 10.6 Å². The highest BCUT2D eigenvalue weighted by molar-refractivity contribution is 9.10.